The minimum atomic E-state index is -3.63. The standard InChI is InChI=1S/C27H39F2N5O3S/c1-6-7-8-23(30)24(12-18-10-21(28)15-22(29)11-18)31-27(35)19-13-25(33(3)16-20-9-17(20)2)32-26(14-19)34(4)38(5,36)37/h10-11,13-15,17,20,23-24H,6-9,12,16,30H2,1-5H3,(H,31,35)/t17?,20?,23-,24-/m0/s1. The average molecular weight is 552 g/mol. The summed E-state index contributed by atoms with van der Waals surface area (Å²) in [5, 5.41) is 2.94. The number of halogens is 2. The molecule has 4 atom stereocenters. The predicted molar refractivity (Wildman–Crippen MR) is 147 cm³/mol. The number of rotatable bonds is 13. The molecule has 38 heavy (non-hydrogen) atoms. The zero-order valence-corrected chi connectivity index (χ0v) is 23.6. The van der Waals surface area contributed by atoms with Gasteiger partial charge in [-0.05, 0) is 60.9 Å². The number of benzene rings is 1. The summed E-state index contributed by atoms with van der Waals surface area (Å²) in [7, 11) is -0.381. The van der Waals surface area contributed by atoms with Crippen LogP contribution in [-0.4, -0.2) is 58.3 Å². The van der Waals surface area contributed by atoms with Crippen LogP contribution in [0.5, 0.6) is 0 Å². The fraction of sp³-hybridized carbons (Fsp3) is 0.556. The summed E-state index contributed by atoms with van der Waals surface area (Å²) in [5.74, 6) is -0.159. The van der Waals surface area contributed by atoms with Crippen molar-refractivity contribution in [2.24, 2.45) is 17.6 Å². The van der Waals surface area contributed by atoms with E-state index >= 15 is 0 Å². The number of pyridine rings is 1. The molecule has 1 fully saturated rings. The van der Waals surface area contributed by atoms with Crippen molar-refractivity contribution in [2.75, 3.05) is 36.1 Å². The highest BCUT2D eigenvalue weighted by Crippen LogP contribution is 2.38. The summed E-state index contributed by atoms with van der Waals surface area (Å²) >= 11 is 0. The first kappa shape index (κ1) is 29.8. The number of hydrogen-bond donors (Lipinski definition) is 2. The van der Waals surface area contributed by atoms with Crippen LogP contribution in [0.1, 0.15) is 55.5 Å². The smallest absolute Gasteiger partial charge is 0.251 e. The zero-order valence-electron chi connectivity index (χ0n) is 22.7. The number of unbranched alkanes of at least 4 members (excludes halogenated alkanes) is 1. The maximum absolute atomic E-state index is 13.8. The molecule has 8 nitrogen and oxygen atoms in total. The average Bonchev–Trinajstić information content (AvgIpc) is 3.53. The molecule has 1 aromatic heterocycles. The van der Waals surface area contributed by atoms with Crippen LogP contribution in [0.25, 0.3) is 0 Å². The molecule has 0 bridgehead atoms. The Balaban J connectivity index is 1.92. The number of hydrogen-bond acceptors (Lipinski definition) is 6. The van der Waals surface area contributed by atoms with Crippen molar-refractivity contribution in [2.45, 2.75) is 58.0 Å². The Hall–Kier alpha value is -2.79. The van der Waals surface area contributed by atoms with Gasteiger partial charge in [0.1, 0.15) is 23.3 Å². The quantitative estimate of drug-likeness (QED) is 0.393. The topological polar surface area (TPSA) is 109 Å². The molecule has 0 saturated heterocycles. The summed E-state index contributed by atoms with van der Waals surface area (Å²) in [6.07, 6.45) is 4.67. The molecule has 3 N–H and O–H groups in total. The van der Waals surface area contributed by atoms with E-state index in [0.717, 1.165) is 42.4 Å². The van der Waals surface area contributed by atoms with Gasteiger partial charge in [0.2, 0.25) is 10.0 Å². The maximum atomic E-state index is 13.8. The molecule has 1 amide bonds. The molecule has 0 radical (unpaired) electrons. The predicted octanol–water partition coefficient (Wildman–Crippen LogP) is 3.71. The lowest BCUT2D eigenvalue weighted by molar-refractivity contribution is 0.0929. The molecule has 2 unspecified atom stereocenters. The van der Waals surface area contributed by atoms with Crippen LogP contribution in [0.3, 0.4) is 0 Å². The maximum Gasteiger partial charge on any atom is 0.251 e. The molecule has 0 spiro atoms. The first-order valence-corrected chi connectivity index (χ1v) is 14.8. The van der Waals surface area contributed by atoms with Gasteiger partial charge in [0.15, 0.2) is 0 Å². The molecule has 1 heterocycles. The minimum absolute atomic E-state index is 0.116. The second kappa shape index (κ2) is 12.4. The van der Waals surface area contributed by atoms with E-state index in [1.54, 1.807) is 6.07 Å². The number of carbonyl (C=O) groups excluding carboxylic acids is 1. The highest BCUT2D eigenvalue weighted by atomic mass is 32.2. The normalized spacial score (nSPS) is 18.5. The first-order valence-electron chi connectivity index (χ1n) is 13.0. The van der Waals surface area contributed by atoms with Gasteiger partial charge >= 0.3 is 0 Å². The lowest BCUT2D eigenvalue weighted by Gasteiger charge is -2.26. The summed E-state index contributed by atoms with van der Waals surface area (Å²) in [5.41, 5.74) is 7.03. The highest BCUT2D eigenvalue weighted by Gasteiger charge is 2.34. The van der Waals surface area contributed by atoms with Gasteiger partial charge in [-0.1, -0.05) is 26.7 Å². The summed E-state index contributed by atoms with van der Waals surface area (Å²) in [6.45, 7) is 4.93. The van der Waals surface area contributed by atoms with Gasteiger partial charge < -0.3 is 16.0 Å². The van der Waals surface area contributed by atoms with Gasteiger partial charge in [-0.3, -0.25) is 9.10 Å². The van der Waals surface area contributed by atoms with Crippen molar-refractivity contribution in [3.63, 3.8) is 0 Å². The van der Waals surface area contributed by atoms with E-state index in [-0.39, 0.29) is 17.8 Å². The number of nitrogens with zero attached hydrogens (tertiary/aromatic N) is 3. The summed E-state index contributed by atoms with van der Waals surface area (Å²) < 4.78 is 53.2. The third-order valence-electron chi connectivity index (χ3n) is 7.16. The Morgan fingerprint density at radius 2 is 1.76 bits per heavy atom. The van der Waals surface area contributed by atoms with Crippen LogP contribution in [0.4, 0.5) is 20.4 Å². The van der Waals surface area contributed by atoms with Crippen LogP contribution in [-0.2, 0) is 16.4 Å². The van der Waals surface area contributed by atoms with E-state index in [9.17, 15) is 22.0 Å². The van der Waals surface area contributed by atoms with Crippen LogP contribution in [0, 0.1) is 23.5 Å². The Labute approximate surface area is 224 Å². The van der Waals surface area contributed by atoms with Gasteiger partial charge in [-0.15, -0.1) is 0 Å². The molecule has 1 aliphatic rings. The van der Waals surface area contributed by atoms with Gasteiger partial charge in [-0.2, -0.15) is 0 Å². The third-order valence-corrected chi connectivity index (χ3v) is 8.34. The van der Waals surface area contributed by atoms with E-state index in [1.807, 2.05) is 18.9 Å². The van der Waals surface area contributed by atoms with Crippen molar-refractivity contribution < 1.29 is 22.0 Å². The van der Waals surface area contributed by atoms with Crippen molar-refractivity contribution in [3.8, 4) is 0 Å². The van der Waals surface area contributed by atoms with Gasteiger partial charge in [-0.25, -0.2) is 22.2 Å². The fourth-order valence-electron chi connectivity index (χ4n) is 4.44. The van der Waals surface area contributed by atoms with E-state index in [0.29, 0.717) is 29.6 Å². The van der Waals surface area contributed by atoms with E-state index < -0.39 is 39.6 Å². The van der Waals surface area contributed by atoms with Crippen LogP contribution < -0.4 is 20.3 Å². The van der Waals surface area contributed by atoms with Crippen LogP contribution >= 0.6 is 0 Å². The third kappa shape index (κ3) is 8.10. The van der Waals surface area contributed by atoms with E-state index in [4.69, 9.17) is 5.73 Å². The molecule has 11 heteroatoms. The van der Waals surface area contributed by atoms with Gasteiger partial charge in [0.25, 0.3) is 5.91 Å². The molecule has 210 valence electrons. The molecule has 1 aromatic carbocycles. The lowest BCUT2D eigenvalue weighted by atomic mass is 9.95. The van der Waals surface area contributed by atoms with Crippen LogP contribution in [0.15, 0.2) is 30.3 Å². The van der Waals surface area contributed by atoms with E-state index in [1.165, 1.54) is 25.2 Å². The lowest BCUT2D eigenvalue weighted by Crippen LogP contribution is -2.49. The number of nitrogens with one attached hydrogen (secondary N) is 1. The fourth-order valence-corrected chi connectivity index (χ4v) is 4.88. The van der Waals surface area contributed by atoms with Gasteiger partial charge in [0, 0.05) is 44.4 Å². The van der Waals surface area contributed by atoms with Crippen molar-refractivity contribution in [3.05, 3.63) is 53.1 Å². The Kier molecular flexibility index (Phi) is 9.69. The molecular weight excluding hydrogens is 512 g/mol. The number of carbonyl (C=O) groups is 1. The SMILES string of the molecule is CCCC[C@H](N)[C@H](Cc1cc(F)cc(F)c1)NC(=O)c1cc(N(C)CC2CC2C)nc(N(C)S(C)(=O)=O)c1. The van der Waals surface area contributed by atoms with Crippen LogP contribution in [0.2, 0.25) is 0 Å². The molecule has 3 rings (SSSR count). The number of sulfonamides is 1. The molecule has 1 saturated carbocycles. The highest BCUT2D eigenvalue weighted by molar-refractivity contribution is 7.92. The molecule has 0 aliphatic heterocycles. The van der Waals surface area contributed by atoms with Gasteiger partial charge in [0.05, 0.1) is 6.26 Å². The largest absolute Gasteiger partial charge is 0.359 e. The van der Waals surface area contributed by atoms with E-state index in [2.05, 4.69) is 17.2 Å². The number of nitrogens with two attached hydrogens (primary N) is 1. The number of amides is 1. The molecule has 1 aliphatic carbocycles. The van der Waals surface area contributed by atoms with Crippen molar-refractivity contribution in [1.29, 1.82) is 0 Å². The monoisotopic (exact) mass is 551 g/mol. The van der Waals surface area contributed by atoms with Crippen molar-refractivity contribution >= 4 is 27.6 Å². The first-order chi connectivity index (χ1) is 17.8. The Bertz CT molecular complexity index is 1220. The van der Waals surface area contributed by atoms with Crippen molar-refractivity contribution in [1.82, 2.24) is 10.3 Å². The number of anilines is 2. The molecular formula is C27H39F2N5O3S. The summed E-state index contributed by atoms with van der Waals surface area (Å²) in [4.78, 5) is 20.0. The Morgan fingerprint density at radius 1 is 1.16 bits per heavy atom. The second-order valence-electron chi connectivity index (χ2n) is 10.5. The Morgan fingerprint density at radius 3 is 2.32 bits per heavy atom. The zero-order chi connectivity index (χ0) is 28.2. The number of aromatic nitrogens is 1. The minimum Gasteiger partial charge on any atom is -0.359 e. The molecule has 2 aromatic rings. The second-order valence-corrected chi connectivity index (χ2v) is 12.5. The summed E-state index contributed by atoms with van der Waals surface area (Å²) in [6, 6.07) is 5.24.